The topological polar surface area (TPSA) is 31.6 Å². The van der Waals surface area contributed by atoms with E-state index in [1.165, 1.54) is 27.3 Å². The second-order valence-electron chi connectivity index (χ2n) is 9.44. The molecule has 2 heterocycles. The largest absolute Gasteiger partial charge is 0.494 e. The van der Waals surface area contributed by atoms with Crippen LogP contribution in [-0.4, -0.2) is 18.3 Å². The van der Waals surface area contributed by atoms with Gasteiger partial charge in [-0.15, -0.1) is 0 Å². The van der Waals surface area contributed by atoms with Crippen molar-refractivity contribution in [3.63, 3.8) is 0 Å². The third kappa shape index (κ3) is 2.96. The van der Waals surface area contributed by atoms with Gasteiger partial charge in [-0.3, -0.25) is 0 Å². The molecule has 0 N–H and O–H groups in total. The Balaban J connectivity index is 1.77. The van der Waals surface area contributed by atoms with Crippen molar-refractivity contribution in [1.29, 1.82) is 0 Å². The number of allylic oxidation sites excluding steroid dienone is 1. The van der Waals surface area contributed by atoms with E-state index in [0.29, 0.717) is 0 Å². The summed E-state index contributed by atoms with van der Waals surface area (Å²) in [7, 11) is -0.402. The fourth-order valence-corrected chi connectivity index (χ4v) is 4.67. The van der Waals surface area contributed by atoms with Gasteiger partial charge in [-0.1, -0.05) is 55.5 Å². The number of rotatable bonds is 3. The van der Waals surface area contributed by atoms with Crippen molar-refractivity contribution < 1.29 is 13.7 Å². The molecule has 0 aliphatic carbocycles. The van der Waals surface area contributed by atoms with E-state index < -0.39 is 7.12 Å². The maximum Gasteiger partial charge on any atom is 0.494 e. The Bertz CT molecular complexity index is 1330. The van der Waals surface area contributed by atoms with E-state index in [0.717, 1.165) is 28.4 Å². The summed E-state index contributed by atoms with van der Waals surface area (Å²) in [4.78, 5) is 0. The highest BCUT2D eigenvalue weighted by Crippen LogP contribution is 2.41. The number of aryl methyl sites for hydroxylation is 1. The predicted octanol–water partition coefficient (Wildman–Crippen LogP) is 6.63. The van der Waals surface area contributed by atoms with Gasteiger partial charge in [-0.05, 0) is 68.9 Å². The zero-order chi connectivity index (χ0) is 22.0. The minimum Gasteiger partial charge on any atom is -0.455 e. The van der Waals surface area contributed by atoms with Crippen LogP contribution in [0.4, 0.5) is 0 Å². The molecule has 1 saturated heterocycles. The molecule has 4 heteroatoms. The highest BCUT2D eigenvalue weighted by atomic mass is 16.7. The highest BCUT2D eigenvalue weighted by Gasteiger charge is 2.51. The molecule has 1 aromatic heterocycles. The first kappa shape index (κ1) is 20.4. The number of hydrogen-bond acceptors (Lipinski definition) is 3. The van der Waals surface area contributed by atoms with Crippen molar-refractivity contribution in [2.45, 2.75) is 59.2 Å². The first-order valence-corrected chi connectivity index (χ1v) is 11.2. The third-order valence-corrected chi connectivity index (χ3v) is 7.02. The zero-order valence-corrected chi connectivity index (χ0v) is 19.2. The molecule has 1 aliphatic heterocycles. The lowest BCUT2D eigenvalue weighted by molar-refractivity contribution is 0.00578. The molecule has 4 aromatic rings. The molecule has 0 spiro atoms. The van der Waals surface area contributed by atoms with Gasteiger partial charge in [0.15, 0.2) is 0 Å². The summed E-state index contributed by atoms with van der Waals surface area (Å²) in [5, 5.41) is 4.84. The van der Waals surface area contributed by atoms with E-state index in [4.69, 9.17) is 13.7 Å². The van der Waals surface area contributed by atoms with E-state index in [9.17, 15) is 0 Å². The summed E-state index contributed by atoms with van der Waals surface area (Å²) >= 11 is 0. The smallest absolute Gasteiger partial charge is 0.455 e. The average Bonchev–Trinajstić information content (AvgIpc) is 3.22. The first-order valence-electron chi connectivity index (χ1n) is 11.2. The second kappa shape index (κ2) is 6.98. The van der Waals surface area contributed by atoms with E-state index in [1.807, 2.05) is 0 Å². The minimum atomic E-state index is -0.402. The molecule has 0 unspecified atom stereocenters. The van der Waals surface area contributed by atoms with Crippen LogP contribution in [0.2, 0.25) is 0 Å². The van der Waals surface area contributed by atoms with Crippen LogP contribution in [0.25, 0.3) is 38.8 Å². The summed E-state index contributed by atoms with van der Waals surface area (Å²) in [6.45, 7) is 12.6. The van der Waals surface area contributed by atoms with Crippen LogP contribution in [0.3, 0.4) is 0 Å². The lowest BCUT2D eigenvalue weighted by Gasteiger charge is -2.32. The fraction of sp³-hybridized carbons (Fsp3) is 0.333. The Morgan fingerprint density at radius 2 is 1.58 bits per heavy atom. The highest BCUT2D eigenvalue weighted by molar-refractivity contribution is 6.62. The van der Waals surface area contributed by atoms with Crippen molar-refractivity contribution >= 4 is 51.4 Å². The second-order valence-corrected chi connectivity index (χ2v) is 9.44. The molecule has 158 valence electrons. The number of fused-ring (bicyclic) bond motifs is 5. The standard InChI is InChI=1S/C27H29BO3/c1-7-11-21-18(8-2)19-12-9-10-13-20(19)24-22-15-14-17(16-23(22)29-25(21)24)28-30-26(3,4)27(5,6)31-28/h7,9-16H,8H2,1-6H3/b11-7-. The average molecular weight is 412 g/mol. The van der Waals surface area contributed by atoms with Gasteiger partial charge >= 0.3 is 7.12 Å². The molecule has 5 rings (SSSR count). The SMILES string of the molecule is C/C=C\c1c(CC)c2ccccc2c2c1oc1cc(B3OC(C)(C)C(C)(C)O3)ccc12. The molecule has 0 atom stereocenters. The summed E-state index contributed by atoms with van der Waals surface area (Å²) in [6.07, 6.45) is 5.21. The number of benzene rings is 3. The Morgan fingerprint density at radius 3 is 2.23 bits per heavy atom. The van der Waals surface area contributed by atoms with Crippen LogP contribution >= 0.6 is 0 Å². The molecule has 1 fully saturated rings. The van der Waals surface area contributed by atoms with Crippen molar-refractivity contribution in [2.75, 3.05) is 0 Å². The van der Waals surface area contributed by atoms with Gasteiger partial charge in [-0.2, -0.15) is 0 Å². The van der Waals surface area contributed by atoms with Crippen LogP contribution in [0.1, 0.15) is 52.7 Å². The lowest BCUT2D eigenvalue weighted by Crippen LogP contribution is -2.41. The molecule has 3 nitrogen and oxygen atoms in total. The fourth-order valence-electron chi connectivity index (χ4n) is 4.67. The minimum absolute atomic E-state index is 0.369. The molecule has 0 radical (unpaired) electrons. The normalized spacial score (nSPS) is 18.2. The van der Waals surface area contributed by atoms with Crippen molar-refractivity contribution in [2.24, 2.45) is 0 Å². The van der Waals surface area contributed by atoms with Crippen LogP contribution in [0, 0.1) is 0 Å². The molecule has 0 saturated carbocycles. The molecule has 1 aliphatic rings. The zero-order valence-electron chi connectivity index (χ0n) is 19.2. The monoisotopic (exact) mass is 412 g/mol. The van der Waals surface area contributed by atoms with Crippen LogP contribution in [0.15, 0.2) is 53.0 Å². The maximum absolute atomic E-state index is 6.53. The third-order valence-electron chi connectivity index (χ3n) is 7.02. The Labute approximate surface area is 184 Å². The first-order chi connectivity index (χ1) is 14.8. The number of furan rings is 1. The lowest BCUT2D eigenvalue weighted by atomic mass is 9.79. The van der Waals surface area contributed by atoms with Gasteiger partial charge in [-0.25, -0.2) is 0 Å². The van der Waals surface area contributed by atoms with Gasteiger partial charge in [0, 0.05) is 16.3 Å². The maximum atomic E-state index is 6.53. The Morgan fingerprint density at radius 1 is 0.903 bits per heavy atom. The van der Waals surface area contributed by atoms with Crippen LogP contribution < -0.4 is 5.46 Å². The molecule has 3 aromatic carbocycles. The summed E-state index contributed by atoms with van der Waals surface area (Å²) in [5.74, 6) is 0. The summed E-state index contributed by atoms with van der Waals surface area (Å²) < 4.78 is 19.1. The van der Waals surface area contributed by atoms with Gasteiger partial charge in [0.05, 0.1) is 11.2 Å². The molecular formula is C27H29BO3. The quantitative estimate of drug-likeness (QED) is 0.354. The Hall–Kier alpha value is -2.56. The molecule has 0 amide bonds. The van der Waals surface area contributed by atoms with Crippen LogP contribution in [0.5, 0.6) is 0 Å². The van der Waals surface area contributed by atoms with Crippen molar-refractivity contribution in [1.82, 2.24) is 0 Å². The Kier molecular flexibility index (Phi) is 4.58. The van der Waals surface area contributed by atoms with Gasteiger partial charge in [0.2, 0.25) is 0 Å². The molecule has 31 heavy (non-hydrogen) atoms. The predicted molar refractivity (Wildman–Crippen MR) is 131 cm³/mol. The summed E-state index contributed by atoms with van der Waals surface area (Å²) in [5.41, 5.74) is 4.56. The van der Waals surface area contributed by atoms with Crippen molar-refractivity contribution in [3.05, 3.63) is 59.7 Å². The molecule has 0 bridgehead atoms. The molecular weight excluding hydrogens is 383 g/mol. The van der Waals surface area contributed by atoms with E-state index in [1.54, 1.807) is 0 Å². The van der Waals surface area contributed by atoms with Crippen molar-refractivity contribution in [3.8, 4) is 0 Å². The van der Waals surface area contributed by atoms with E-state index >= 15 is 0 Å². The van der Waals surface area contributed by atoms with E-state index in [2.05, 4.69) is 96.2 Å². The van der Waals surface area contributed by atoms with Gasteiger partial charge in [0.1, 0.15) is 11.2 Å². The van der Waals surface area contributed by atoms with E-state index in [-0.39, 0.29) is 11.2 Å². The van der Waals surface area contributed by atoms with Gasteiger partial charge in [0.25, 0.3) is 0 Å². The van der Waals surface area contributed by atoms with Crippen LogP contribution in [-0.2, 0) is 15.7 Å². The number of hydrogen-bond donors (Lipinski definition) is 0. The van der Waals surface area contributed by atoms with Gasteiger partial charge < -0.3 is 13.7 Å². The summed E-state index contributed by atoms with van der Waals surface area (Å²) in [6, 6.07) is 15.0.